The Labute approximate surface area is 131 Å². The number of benzene rings is 2. The van der Waals surface area contributed by atoms with Crippen LogP contribution in [-0.2, 0) is 9.53 Å². The van der Waals surface area contributed by atoms with Crippen LogP contribution in [0.5, 0.6) is 0 Å². The van der Waals surface area contributed by atoms with E-state index in [1.165, 1.54) is 6.08 Å². The van der Waals surface area contributed by atoms with Crippen molar-refractivity contribution >= 4 is 17.7 Å². The smallest absolute Gasteiger partial charge is 0.331 e. The fourth-order valence-corrected chi connectivity index (χ4v) is 2.07. The minimum atomic E-state index is -0.488. The van der Waals surface area contributed by atoms with Crippen molar-refractivity contribution in [2.75, 3.05) is 5.73 Å². The number of hydrogen-bond acceptors (Lipinski definition) is 3. The molecule has 3 heteroatoms. The fourth-order valence-electron chi connectivity index (χ4n) is 2.07. The Morgan fingerprint density at radius 1 is 1.09 bits per heavy atom. The molecule has 0 heterocycles. The lowest BCUT2D eigenvalue weighted by Gasteiger charge is -2.17. The summed E-state index contributed by atoms with van der Waals surface area (Å²) in [6, 6.07) is 15.7. The number of esters is 1. The van der Waals surface area contributed by atoms with Gasteiger partial charge >= 0.3 is 5.97 Å². The van der Waals surface area contributed by atoms with Gasteiger partial charge in [-0.15, -0.1) is 0 Å². The standard InChI is InChI=1S/C19H21NO2/c1-19(2,3)22-18(21)12-10-14-9-11-16(17(20)13-14)15-7-5-4-6-8-15/h4-13H,20H2,1-3H3. The Morgan fingerprint density at radius 3 is 2.36 bits per heavy atom. The maximum atomic E-state index is 11.7. The second-order valence-corrected chi connectivity index (χ2v) is 6.08. The number of hydrogen-bond donors (Lipinski definition) is 1. The zero-order valence-corrected chi connectivity index (χ0v) is 13.2. The molecule has 0 radical (unpaired) electrons. The molecular weight excluding hydrogens is 274 g/mol. The molecule has 0 fully saturated rings. The zero-order valence-electron chi connectivity index (χ0n) is 13.2. The van der Waals surface area contributed by atoms with E-state index in [-0.39, 0.29) is 5.97 Å². The second-order valence-electron chi connectivity index (χ2n) is 6.08. The quantitative estimate of drug-likeness (QED) is 0.522. The first-order valence-electron chi connectivity index (χ1n) is 7.21. The Hall–Kier alpha value is -2.55. The SMILES string of the molecule is CC(C)(C)OC(=O)C=Cc1ccc(-c2ccccc2)c(N)c1. The van der Waals surface area contributed by atoms with Crippen LogP contribution in [0, 0.1) is 0 Å². The maximum Gasteiger partial charge on any atom is 0.331 e. The van der Waals surface area contributed by atoms with E-state index >= 15 is 0 Å². The van der Waals surface area contributed by atoms with Crippen LogP contribution in [0.1, 0.15) is 26.3 Å². The third-order valence-electron chi connectivity index (χ3n) is 2.98. The summed E-state index contributed by atoms with van der Waals surface area (Å²) >= 11 is 0. The van der Waals surface area contributed by atoms with Crippen molar-refractivity contribution in [3.05, 3.63) is 60.2 Å². The van der Waals surface area contributed by atoms with Crippen molar-refractivity contribution in [3.8, 4) is 11.1 Å². The predicted octanol–water partition coefficient (Wildman–Crippen LogP) is 4.29. The third kappa shape index (κ3) is 4.48. The average molecular weight is 295 g/mol. The molecule has 0 saturated heterocycles. The highest BCUT2D eigenvalue weighted by Crippen LogP contribution is 2.26. The van der Waals surface area contributed by atoms with Crippen LogP contribution < -0.4 is 5.73 Å². The van der Waals surface area contributed by atoms with Crippen LogP contribution in [0.15, 0.2) is 54.6 Å². The first-order chi connectivity index (χ1) is 10.3. The van der Waals surface area contributed by atoms with Gasteiger partial charge in [-0.3, -0.25) is 0 Å². The molecular formula is C19H21NO2. The van der Waals surface area contributed by atoms with E-state index in [2.05, 4.69) is 0 Å². The van der Waals surface area contributed by atoms with Crippen LogP contribution in [0.25, 0.3) is 17.2 Å². The normalized spacial score (nSPS) is 11.6. The van der Waals surface area contributed by atoms with Gasteiger partial charge in [0.1, 0.15) is 5.60 Å². The molecule has 0 aromatic heterocycles. The van der Waals surface area contributed by atoms with Gasteiger partial charge in [0.15, 0.2) is 0 Å². The number of carbonyl (C=O) groups excluding carboxylic acids is 1. The average Bonchev–Trinajstić information content (AvgIpc) is 2.44. The van der Waals surface area contributed by atoms with Gasteiger partial charge in [0, 0.05) is 17.3 Å². The number of anilines is 1. The maximum absolute atomic E-state index is 11.7. The summed E-state index contributed by atoms with van der Waals surface area (Å²) in [5, 5.41) is 0. The van der Waals surface area contributed by atoms with E-state index in [1.807, 2.05) is 69.3 Å². The molecule has 0 atom stereocenters. The van der Waals surface area contributed by atoms with Gasteiger partial charge in [-0.1, -0.05) is 42.5 Å². The predicted molar refractivity (Wildman–Crippen MR) is 91.2 cm³/mol. The lowest BCUT2D eigenvalue weighted by molar-refractivity contribution is -0.148. The molecule has 0 saturated carbocycles. The van der Waals surface area contributed by atoms with Gasteiger partial charge < -0.3 is 10.5 Å². The minimum Gasteiger partial charge on any atom is -0.457 e. The van der Waals surface area contributed by atoms with E-state index in [9.17, 15) is 4.79 Å². The number of ether oxygens (including phenoxy) is 1. The third-order valence-corrected chi connectivity index (χ3v) is 2.98. The van der Waals surface area contributed by atoms with E-state index < -0.39 is 5.60 Å². The lowest BCUT2D eigenvalue weighted by atomic mass is 10.0. The Morgan fingerprint density at radius 2 is 1.77 bits per heavy atom. The minimum absolute atomic E-state index is 0.363. The van der Waals surface area contributed by atoms with Crippen LogP contribution in [0.2, 0.25) is 0 Å². The molecule has 2 rings (SSSR count). The summed E-state index contributed by atoms with van der Waals surface area (Å²) < 4.78 is 5.23. The molecule has 0 bridgehead atoms. The van der Waals surface area contributed by atoms with Gasteiger partial charge in [-0.25, -0.2) is 4.79 Å². The molecule has 3 nitrogen and oxygen atoms in total. The van der Waals surface area contributed by atoms with Gasteiger partial charge in [0.05, 0.1) is 0 Å². The molecule has 0 amide bonds. The Balaban J connectivity index is 2.15. The van der Waals surface area contributed by atoms with Crippen molar-refractivity contribution in [2.24, 2.45) is 0 Å². The van der Waals surface area contributed by atoms with Gasteiger partial charge in [0.25, 0.3) is 0 Å². The summed E-state index contributed by atoms with van der Waals surface area (Å²) in [6.07, 6.45) is 3.13. The number of nitrogens with two attached hydrogens (primary N) is 1. The van der Waals surface area contributed by atoms with Crippen molar-refractivity contribution < 1.29 is 9.53 Å². The van der Waals surface area contributed by atoms with E-state index in [4.69, 9.17) is 10.5 Å². The van der Waals surface area contributed by atoms with Gasteiger partial charge in [-0.05, 0) is 44.0 Å². The summed E-state index contributed by atoms with van der Waals surface area (Å²) in [5.74, 6) is -0.363. The van der Waals surface area contributed by atoms with Crippen molar-refractivity contribution in [3.63, 3.8) is 0 Å². The van der Waals surface area contributed by atoms with Crippen LogP contribution in [-0.4, -0.2) is 11.6 Å². The fraction of sp³-hybridized carbons (Fsp3) is 0.211. The molecule has 0 aliphatic rings. The molecule has 0 spiro atoms. The van der Waals surface area contributed by atoms with E-state index in [0.29, 0.717) is 5.69 Å². The Bertz CT molecular complexity index is 682. The monoisotopic (exact) mass is 295 g/mol. The summed E-state index contributed by atoms with van der Waals surface area (Å²) in [6.45, 7) is 5.52. The highest BCUT2D eigenvalue weighted by atomic mass is 16.6. The topological polar surface area (TPSA) is 52.3 Å². The molecule has 0 unspecified atom stereocenters. The molecule has 2 aromatic carbocycles. The first-order valence-corrected chi connectivity index (χ1v) is 7.21. The summed E-state index contributed by atoms with van der Waals surface area (Å²) in [7, 11) is 0. The van der Waals surface area contributed by atoms with Crippen molar-refractivity contribution in [1.29, 1.82) is 0 Å². The van der Waals surface area contributed by atoms with E-state index in [0.717, 1.165) is 16.7 Å². The molecule has 0 aliphatic heterocycles. The molecule has 2 N–H and O–H groups in total. The summed E-state index contributed by atoms with van der Waals surface area (Å²) in [5.41, 5.74) is 9.22. The van der Waals surface area contributed by atoms with Crippen LogP contribution in [0.3, 0.4) is 0 Å². The largest absolute Gasteiger partial charge is 0.457 e. The van der Waals surface area contributed by atoms with Gasteiger partial charge in [0.2, 0.25) is 0 Å². The molecule has 2 aromatic rings. The number of carbonyl (C=O) groups is 1. The second kappa shape index (κ2) is 6.48. The lowest BCUT2D eigenvalue weighted by Crippen LogP contribution is -2.22. The Kier molecular flexibility index (Phi) is 4.66. The first kappa shape index (κ1) is 15.8. The molecule has 114 valence electrons. The van der Waals surface area contributed by atoms with Crippen LogP contribution in [0.4, 0.5) is 5.69 Å². The molecule has 0 aliphatic carbocycles. The zero-order chi connectivity index (χ0) is 16.2. The van der Waals surface area contributed by atoms with Gasteiger partial charge in [-0.2, -0.15) is 0 Å². The van der Waals surface area contributed by atoms with E-state index in [1.54, 1.807) is 6.08 Å². The van der Waals surface area contributed by atoms with Crippen molar-refractivity contribution in [1.82, 2.24) is 0 Å². The van der Waals surface area contributed by atoms with Crippen molar-refractivity contribution in [2.45, 2.75) is 26.4 Å². The highest BCUT2D eigenvalue weighted by Gasteiger charge is 2.13. The number of nitrogen functional groups attached to an aromatic ring is 1. The number of rotatable bonds is 3. The molecule has 22 heavy (non-hydrogen) atoms. The highest BCUT2D eigenvalue weighted by molar-refractivity contribution is 5.88. The summed E-state index contributed by atoms with van der Waals surface area (Å²) in [4.78, 5) is 11.7. The van der Waals surface area contributed by atoms with Crippen LogP contribution >= 0.6 is 0 Å².